The lowest BCUT2D eigenvalue weighted by Gasteiger charge is -1.98. The number of alkyl halides is 2. The lowest BCUT2D eigenvalue weighted by molar-refractivity contribution is 0.671. The Bertz CT molecular complexity index is 95.7. The number of rotatable bonds is 5. The van der Waals surface area contributed by atoms with Gasteiger partial charge < -0.3 is 0 Å². The molecule has 2 nitrogen and oxygen atoms in total. The number of hydrogen-bond donors (Lipinski definition) is 0. The molecule has 0 aromatic heterocycles. The van der Waals surface area contributed by atoms with Gasteiger partial charge in [0.15, 0.2) is 0 Å². The highest BCUT2D eigenvalue weighted by molar-refractivity contribution is 6.20. The smallest absolute Gasteiger partial charge is 0.144 e. The second-order valence-corrected chi connectivity index (χ2v) is 2.70. The van der Waals surface area contributed by atoms with E-state index < -0.39 is 0 Å². The third kappa shape index (κ3) is 6.30. The summed E-state index contributed by atoms with van der Waals surface area (Å²) in [5.74, 6) is 0. The molecule has 0 N–H and O–H groups in total. The molecular weight excluding hydrogens is 171 g/mol. The highest BCUT2D eigenvalue weighted by Crippen LogP contribution is 2.08. The summed E-state index contributed by atoms with van der Waals surface area (Å²) in [6, 6.07) is 0.204. The van der Waals surface area contributed by atoms with Crippen LogP contribution in [0.2, 0.25) is 0 Å². The Labute approximate surface area is 71.6 Å². The maximum atomic E-state index is 5.72. The quantitative estimate of drug-likeness (QED) is 0.354. The topological polar surface area (TPSA) is 24.7 Å². The molecule has 1 atom stereocenters. The molecular formula is C6H12Cl2N2. The van der Waals surface area contributed by atoms with E-state index >= 15 is 0 Å². The summed E-state index contributed by atoms with van der Waals surface area (Å²) in [5.41, 5.74) is -0.182. The SMILES string of the molecule is CCCCC(Cl)N=NCCl. The van der Waals surface area contributed by atoms with Crippen LogP contribution in [-0.4, -0.2) is 11.5 Å². The van der Waals surface area contributed by atoms with E-state index in [0.717, 1.165) is 19.3 Å². The number of halogens is 2. The van der Waals surface area contributed by atoms with Crippen molar-refractivity contribution < 1.29 is 0 Å². The molecule has 0 saturated carbocycles. The fraction of sp³-hybridized carbons (Fsp3) is 1.00. The van der Waals surface area contributed by atoms with Crippen LogP contribution in [0, 0.1) is 0 Å². The standard InChI is InChI=1S/C6H12Cl2N2/c1-2-3-4-6(8)10-9-5-7/h6H,2-5H2,1H3. The second kappa shape index (κ2) is 7.29. The zero-order chi connectivity index (χ0) is 7.82. The van der Waals surface area contributed by atoms with E-state index in [1.165, 1.54) is 0 Å². The van der Waals surface area contributed by atoms with Gasteiger partial charge in [-0.3, -0.25) is 0 Å². The molecule has 0 amide bonds. The number of hydrogen-bond acceptors (Lipinski definition) is 2. The van der Waals surface area contributed by atoms with Gasteiger partial charge in [0.25, 0.3) is 0 Å². The Hall–Kier alpha value is 0.180. The third-order valence-electron chi connectivity index (χ3n) is 1.06. The average molecular weight is 183 g/mol. The summed E-state index contributed by atoms with van der Waals surface area (Å²) in [4.78, 5) is 0. The number of azo groups is 1. The summed E-state index contributed by atoms with van der Waals surface area (Å²) in [5, 5.41) is 7.32. The first kappa shape index (κ1) is 10.2. The van der Waals surface area contributed by atoms with Gasteiger partial charge in [-0.15, -0.1) is 0 Å². The van der Waals surface area contributed by atoms with Crippen LogP contribution in [0.3, 0.4) is 0 Å². The van der Waals surface area contributed by atoms with Gasteiger partial charge in [0.2, 0.25) is 0 Å². The van der Waals surface area contributed by atoms with Crippen LogP contribution >= 0.6 is 23.2 Å². The largest absolute Gasteiger partial charge is 0.176 e. The lowest BCUT2D eigenvalue weighted by Crippen LogP contribution is -1.91. The van der Waals surface area contributed by atoms with Gasteiger partial charge >= 0.3 is 0 Å². The predicted molar refractivity (Wildman–Crippen MR) is 44.7 cm³/mol. The Morgan fingerprint density at radius 1 is 1.50 bits per heavy atom. The summed E-state index contributed by atoms with van der Waals surface area (Å²) in [6.07, 6.45) is 3.12. The highest BCUT2D eigenvalue weighted by Gasteiger charge is 1.98. The molecule has 0 radical (unpaired) electrons. The van der Waals surface area contributed by atoms with Crippen molar-refractivity contribution in [2.24, 2.45) is 10.2 Å². The van der Waals surface area contributed by atoms with E-state index in [1.54, 1.807) is 0 Å². The van der Waals surface area contributed by atoms with E-state index in [1.807, 2.05) is 0 Å². The predicted octanol–water partition coefficient (Wildman–Crippen LogP) is 3.39. The minimum Gasteiger partial charge on any atom is -0.176 e. The molecule has 0 aliphatic rings. The van der Waals surface area contributed by atoms with E-state index in [-0.39, 0.29) is 11.5 Å². The minimum atomic E-state index is -0.182. The summed E-state index contributed by atoms with van der Waals surface area (Å²) in [7, 11) is 0. The van der Waals surface area contributed by atoms with Crippen molar-refractivity contribution in [1.29, 1.82) is 0 Å². The fourth-order valence-corrected chi connectivity index (χ4v) is 0.828. The number of nitrogens with zero attached hydrogens (tertiary/aromatic N) is 2. The monoisotopic (exact) mass is 182 g/mol. The third-order valence-corrected chi connectivity index (χ3v) is 1.47. The van der Waals surface area contributed by atoms with Gasteiger partial charge in [0.1, 0.15) is 11.5 Å². The van der Waals surface area contributed by atoms with Crippen LogP contribution in [0.15, 0.2) is 10.2 Å². The van der Waals surface area contributed by atoms with Crippen LogP contribution < -0.4 is 0 Å². The van der Waals surface area contributed by atoms with Crippen molar-refractivity contribution in [1.82, 2.24) is 0 Å². The highest BCUT2D eigenvalue weighted by atomic mass is 35.5. The van der Waals surface area contributed by atoms with E-state index in [0.29, 0.717) is 0 Å². The van der Waals surface area contributed by atoms with Gasteiger partial charge in [-0.25, -0.2) is 0 Å². The van der Waals surface area contributed by atoms with E-state index in [2.05, 4.69) is 17.2 Å². The van der Waals surface area contributed by atoms with Crippen molar-refractivity contribution in [2.75, 3.05) is 6.00 Å². The molecule has 0 spiro atoms. The molecule has 0 saturated heterocycles. The molecule has 0 bridgehead atoms. The van der Waals surface area contributed by atoms with Gasteiger partial charge in [0.05, 0.1) is 0 Å². The first-order valence-corrected chi connectivity index (χ1v) is 4.35. The normalized spacial score (nSPS) is 14.3. The molecule has 60 valence electrons. The van der Waals surface area contributed by atoms with E-state index in [4.69, 9.17) is 23.2 Å². The molecule has 0 rings (SSSR count). The molecule has 0 heterocycles. The fourth-order valence-electron chi connectivity index (χ4n) is 0.550. The maximum absolute atomic E-state index is 5.72. The first-order chi connectivity index (χ1) is 4.81. The van der Waals surface area contributed by atoms with Crippen molar-refractivity contribution in [2.45, 2.75) is 31.7 Å². The molecule has 10 heavy (non-hydrogen) atoms. The molecule has 0 aromatic rings. The minimum absolute atomic E-state index is 0.182. The Kier molecular flexibility index (Phi) is 7.42. The molecule has 0 aliphatic heterocycles. The maximum Gasteiger partial charge on any atom is 0.144 e. The van der Waals surface area contributed by atoms with Gasteiger partial charge in [0, 0.05) is 0 Å². The van der Waals surface area contributed by atoms with Crippen LogP contribution in [0.1, 0.15) is 26.2 Å². The van der Waals surface area contributed by atoms with Crippen LogP contribution in [0.5, 0.6) is 0 Å². The van der Waals surface area contributed by atoms with Crippen molar-refractivity contribution in [3.8, 4) is 0 Å². The zero-order valence-corrected chi connectivity index (χ0v) is 7.57. The zero-order valence-electron chi connectivity index (χ0n) is 6.06. The molecule has 4 heteroatoms. The first-order valence-electron chi connectivity index (χ1n) is 3.38. The van der Waals surface area contributed by atoms with Gasteiger partial charge in [-0.1, -0.05) is 43.0 Å². The van der Waals surface area contributed by atoms with Gasteiger partial charge in [-0.2, -0.15) is 10.2 Å². The molecule has 0 aromatic carbocycles. The molecule has 1 unspecified atom stereocenters. The van der Waals surface area contributed by atoms with Crippen LogP contribution in [0.25, 0.3) is 0 Å². The Morgan fingerprint density at radius 3 is 2.70 bits per heavy atom. The Balaban J connectivity index is 3.24. The van der Waals surface area contributed by atoms with E-state index in [9.17, 15) is 0 Å². The molecule has 0 fully saturated rings. The summed E-state index contributed by atoms with van der Waals surface area (Å²) in [6.45, 7) is 2.11. The van der Waals surface area contributed by atoms with Gasteiger partial charge in [-0.05, 0) is 6.42 Å². The summed E-state index contributed by atoms with van der Waals surface area (Å²) >= 11 is 11.0. The Morgan fingerprint density at radius 2 is 2.20 bits per heavy atom. The average Bonchev–Trinajstić information content (AvgIpc) is 1.97. The lowest BCUT2D eigenvalue weighted by atomic mass is 10.2. The number of unbranched alkanes of at least 4 members (excludes halogenated alkanes) is 1. The second-order valence-electron chi connectivity index (χ2n) is 1.95. The molecule has 0 aliphatic carbocycles. The summed E-state index contributed by atoms with van der Waals surface area (Å²) < 4.78 is 0. The van der Waals surface area contributed by atoms with Crippen molar-refractivity contribution in [3.05, 3.63) is 0 Å². The van der Waals surface area contributed by atoms with Crippen molar-refractivity contribution >= 4 is 23.2 Å². The van der Waals surface area contributed by atoms with Crippen LogP contribution in [-0.2, 0) is 0 Å². The van der Waals surface area contributed by atoms with Crippen LogP contribution in [0.4, 0.5) is 0 Å². The van der Waals surface area contributed by atoms with Crippen molar-refractivity contribution in [3.63, 3.8) is 0 Å².